The van der Waals surface area contributed by atoms with Crippen molar-refractivity contribution in [2.24, 2.45) is 0 Å². The van der Waals surface area contributed by atoms with E-state index in [4.69, 9.17) is 9.47 Å². The molecule has 7 atom stereocenters. The lowest BCUT2D eigenvalue weighted by Crippen LogP contribution is -2.60. The zero-order chi connectivity index (χ0) is 57.9. The van der Waals surface area contributed by atoms with E-state index in [1.807, 2.05) is 6.08 Å². The first-order chi connectivity index (χ1) is 39.3. The van der Waals surface area contributed by atoms with Gasteiger partial charge in [0.2, 0.25) is 5.91 Å². The molecule has 9 heteroatoms. The maximum Gasteiger partial charge on any atom is 0.220 e. The molecule has 6 N–H and O–H groups in total. The van der Waals surface area contributed by atoms with Crippen LogP contribution in [-0.4, -0.2) is 87.5 Å². The number of nitrogens with one attached hydrogen (secondary N) is 1. The minimum absolute atomic E-state index is 0.170. The molecule has 9 nitrogen and oxygen atoms in total. The Kier molecular flexibility index (Phi) is 57.8. The number of unbranched alkanes of at least 4 members (excludes halogenated alkanes) is 48. The number of hydrogen-bond donors (Lipinski definition) is 6. The topological polar surface area (TPSA) is 149 Å². The molecule has 1 fully saturated rings. The summed E-state index contributed by atoms with van der Waals surface area (Å²) in [4.78, 5) is 13.1. The Bertz CT molecular complexity index is 1360. The fraction of sp³-hybridized carbons (Fsp3) is 0.901. The Morgan fingerprint density at radius 2 is 0.738 bits per heavy atom. The molecular weight excluding hydrogens is 995 g/mol. The number of aliphatic hydroxyl groups is 5. The first kappa shape index (κ1) is 76.4. The summed E-state index contributed by atoms with van der Waals surface area (Å²) < 4.78 is 11.3. The Labute approximate surface area is 495 Å². The summed E-state index contributed by atoms with van der Waals surface area (Å²) in [5, 5.41) is 54.8. The van der Waals surface area contributed by atoms with Crippen molar-refractivity contribution >= 4 is 5.91 Å². The lowest BCUT2D eigenvalue weighted by atomic mass is 9.99. The van der Waals surface area contributed by atoms with Gasteiger partial charge in [-0.15, -0.1) is 0 Å². The third-order valence-electron chi connectivity index (χ3n) is 17.0. The van der Waals surface area contributed by atoms with E-state index in [1.165, 1.54) is 289 Å². The van der Waals surface area contributed by atoms with Crippen LogP contribution in [0.5, 0.6) is 0 Å². The summed E-state index contributed by atoms with van der Waals surface area (Å²) in [5.74, 6) is -0.170. The van der Waals surface area contributed by atoms with Gasteiger partial charge in [-0.3, -0.25) is 4.79 Å². The minimum Gasteiger partial charge on any atom is -0.394 e. The van der Waals surface area contributed by atoms with Crippen LogP contribution in [0, 0.1) is 0 Å². The fourth-order valence-electron chi connectivity index (χ4n) is 11.4. The highest BCUT2D eigenvalue weighted by molar-refractivity contribution is 5.76. The maximum absolute atomic E-state index is 13.1. The van der Waals surface area contributed by atoms with Gasteiger partial charge in [-0.25, -0.2) is 0 Å². The normalized spacial score (nSPS) is 18.6. The molecule has 0 bridgehead atoms. The fourth-order valence-corrected chi connectivity index (χ4v) is 11.4. The highest BCUT2D eigenvalue weighted by Crippen LogP contribution is 2.23. The molecule has 1 amide bonds. The van der Waals surface area contributed by atoms with Crippen molar-refractivity contribution in [2.75, 3.05) is 13.2 Å². The number of hydrogen-bond acceptors (Lipinski definition) is 8. The van der Waals surface area contributed by atoms with Crippen molar-refractivity contribution in [1.82, 2.24) is 5.32 Å². The van der Waals surface area contributed by atoms with Crippen LogP contribution >= 0.6 is 0 Å². The standard InChI is InChI=1S/C71H135NO8/c1-3-5-7-9-11-13-15-17-19-21-23-25-27-29-31-32-33-34-35-37-39-41-43-45-47-49-51-53-55-57-59-61-67(75)72-64(63-79-71-70(78)69(77)68(76)66(62-73)80-71)65(74)60-58-56-54-52-50-48-46-44-42-40-38-36-30-28-26-24-22-20-18-16-14-12-10-8-6-4-2/h15,17,21,23,58,60,64-66,68-71,73-74,76-78H,3-14,16,18-20,22,24-57,59,61-63H2,1-2H3,(H,72,75)/b17-15-,23-21-,60-58+. The second-order valence-corrected chi connectivity index (χ2v) is 24.7. The van der Waals surface area contributed by atoms with Gasteiger partial charge in [0.1, 0.15) is 24.4 Å². The Morgan fingerprint density at radius 3 is 1.07 bits per heavy atom. The summed E-state index contributed by atoms with van der Waals surface area (Å²) in [6.07, 6.45) is 73.9. The number of carbonyl (C=O) groups is 1. The second kappa shape index (κ2) is 60.5. The van der Waals surface area contributed by atoms with Crippen molar-refractivity contribution in [3.63, 3.8) is 0 Å². The van der Waals surface area contributed by atoms with Gasteiger partial charge in [-0.05, 0) is 51.4 Å². The van der Waals surface area contributed by atoms with Gasteiger partial charge in [-0.2, -0.15) is 0 Å². The third kappa shape index (κ3) is 48.7. The number of carbonyl (C=O) groups excluding carboxylic acids is 1. The molecule has 0 radical (unpaired) electrons. The smallest absolute Gasteiger partial charge is 0.220 e. The monoisotopic (exact) mass is 1130 g/mol. The largest absolute Gasteiger partial charge is 0.394 e. The zero-order valence-corrected chi connectivity index (χ0v) is 52.9. The van der Waals surface area contributed by atoms with Crippen molar-refractivity contribution in [2.45, 2.75) is 397 Å². The second-order valence-electron chi connectivity index (χ2n) is 24.7. The van der Waals surface area contributed by atoms with E-state index >= 15 is 0 Å². The predicted molar refractivity (Wildman–Crippen MR) is 341 cm³/mol. The van der Waals surface area contributed by atoms with Gasteiger partial charge in [0, 0.05) is 6.42 Å². The Balaban J connectivity index is 2.12. The predicted octanol–water partition coefficient (Wildman–Crippen LogP) is 19.0. The molecule has 1 heterocycles. The molecule has 1 aliphatic rings. The van der Waals surface area contributed by atoms with Crippen LogP contribution in [0.4, 0.5) is 0 Å². The van der Waals surface area contributed by atoms with Crippen LogP contribution in [0.2, 0.25) is 0 Å². The van der Waals surface area contributed by atoms with Crippen LogP contribution in [0.25, 0.3) is 0 Å². The zero-order valence-electron chi connectivity index (χ0n) is 52.9. The highest BCUT2D eigenvalue weighted by Gasteiger charge is 2.44. The molecule has 0 aromatic rings. The SMILES string of the molecule is CCCCCCC/C=C\C/C=C\CCCCCCCCCCCCCCCCCCCCCC(=O)NC(COC1OC(CO)C(O)C(O)C1O)C(O)/C=C/CCCCCCCCCCCCCCCCCCCCCCCCCC. The van der Waals surface area contributed by atoms with Gasteiger partial charge in [0.05, 0.1) is 25.4 Å². The first-order valence-corrected chi connectivity index (χ1v) is 35.2. The minimum atomic E-state index is -1.57. The molecule has 1 saturated heterocycles. The number of rotatable bonds is 62. The number of amides is 1. The lowest BCUT2D eigenvalue weighted by Gasteiger charge is -2.40. The van der Waals surface area contributed by atoms with E-state index in [1.54, 1.807) is 6.08 Å². The maximum atomic E-state index is 13.1. The average Bonchev–Trinajstić information content (AvgIpc) is 3.46. The van der Waals surface area contributed by atoms with Crippen molar-refractivity contribution < 1.29 is 39.8 Å². The van der Waals surface area contributed by atoms with Crippen molar-refractivity contribution in [3.05, 3.63) is 36.5 Å². The van der Waals surface area contributed by atoms with Gasteiger partial charge < -0.3 is 40.3 Å². The summed E-state index contributed by atoms with van der Waals surface area (Å²) in [5.41, 5.74) is 0. The lowest BCUT2D eigenvalue weighted by molar-refractivity contribution is -0.302. The molecule has 0 aromatic carbocycles. The number of aliphatic hydroxyl groups excluding tert-OH is 5. The molecule has 1 aliphatic heterocycles. The van der Waals surface area contributed by atoms with Crippen LogP contribution in [0.3, 0.4) is 0 Å². The van der Waals surface area contributed by atoms with Crippen molar-refractivity contribution in [3.8, 4) is 0 Å². The number of allylic oxidation sites excluding steroid dienone is 5. The van der Waals surface area contributed by atoms with E-state index in [0.29, 0.717) is 6.42 Å². The van der Waals surface area contributed by atoms with Crippen molar-refractivity contribution in [1.29, 1.82) is 0 Å². The van der Waals surface area contributed by atoms with Gasteiger partial charge in [-0.1, -0.05) is 333 Å². The van der Waals surface area contributed by atoms with E-state index in [0.717, 1.165) is 44.9 Å². The summed E-state index contributed by atoms with van der Waals surface area (Å²) >= 11 is 0. The molecule has 472 valence electrons. The highest BCUT2D eigenvalue weighted by atomic mass is 16.7. The summed E-state index contributed by atoms with van der Waals surface area (Å²) in [7, 11) is 0. The molecular formula is C71H135NO8. The van der Waals surface area contributed by atoms with E-state index < -0.39 is 49.5 Å². The van der Waals surface area contributed by atoms with E-state index in [-0.39, 0.29) is 12.5 Å². The van der Waals surface area contributed by atoms with Gasteiger partial charge in [0.25, 0.3) is 0 Å². The van der Waals surface area contributed by atoms with Crippen LogP contribution in [0.15, 0.2) is 36.5 Å². The molecule has 1 rings (SSSR count). The summed E-state index contributed by atoms with van der Waals surface area (Å²) in [6.45, 7) is 3.82. The number of ether oxygens (including phenoxy) is 2. The average molecular weight is 1130 g/mol. The Morgan fingerprint density at radius 1 is 0.425 bits per heavy atom. The first-order valence-electron chi connectivity index (χ1n) is 35.2. The van der Waals surface area contributed by atoms with Gasteiger partial charge in [0.15, 0.2) is 6.29 Å². The quantitative estimate of drug-likeness (QED) is 0.0261. The van der Waals surface area contributed by atoms with Crippen LogP contribution in [-0.2, 0) is 14.3 Å². The van der Waals surface area contributed by atoms with Crippen LogP contribution < -0.4 is 5.32 Å². The van der Waals surface area contributed by atoms with Gasteiger partial charge >= 0.3 is 0 Å². The Hall–Kier alpha value is -1.59. The molecule has 0 saturated carbocycles. The molecule has 7 unspecified atom stereocenters. The molecule has 80 heavy (non-hydrogen) atoms. The third-order valence-corrected chi connectivity index (χ3v) is 17.0. The summed E-state index contributed by atoms with van der Waals surface area (Å²) in [6, 6.07) is -0.805. The molecule has 0 spiro atoms. The molecule has 0 aliphatic carbocycles. The van der Waals surface area contributed by atoms with E-state index in [9.17, 15) is 30.3 Å². The van der Waals surface area contributed by atoms with E-state index in [2.05, 4.69) is 43.5 Å². The molecule has 0 aromatic heterocycles. The van der Waals surface area contributed by atoms with Crippen LogP contribution in [0.1, 0.15) is 354 Å².